The van der Waals surface area contributed by atoms with Crippen LogP contribution in [0, 0.1) is 11.7 Å². The molecule has 0 bridgehead atoms. The van der Waals surface area contributed by atoms with Crippen LogP contribution in [0.3, 0.4) is 0 Å². The van der Waals surface area contributed by atoms with E-state index in [0.29, 0.717) is 6.54 Å². The molecule has 0 unspecified atom stereocenters. The normalized spacial score (nSPS) is 21.1. The zero-order chi connectivity index (χ0) is 14.7. The quantitative estimate of drug-likeness (QED) is 0.925. The van der Waals surface area contributed by atoms with Gasteiger partial charge in [0.25, 0.3) is 0 Å². The second kappa shape index (κ2) is 6.75. The lowest BCUT2D eigenvalue weighted by Crippen LogP contribution is -2.38. The van der Waals surface area contributed by atoms with Gasteiger partial charge < -0.3 is 15.5 Å². The van der Waals surface area contributed by atoms with E-state index >= 15 is 0 Å². The lowest BCUT2D eigenvalue weighted by molar-refractivity contribution is 0.249. The molecule has 0 spiro atoms. The Morgan fingerprint density at radius 1 is 1.10 bits per heavy atom. The summed E-state index contributed by atoms with van der Waals surface area (Å²) in [6.45, 7) is 6.12. The lowest BCUT2D eigenvalue weighted by Gasteiger charge is -2.35. The van der Waals surface area contributed by atoms with Crippen molar-refractivity contribution in [1.82, 2.24) is 4.90 Å². The molecule has 0 saturated carbocycles. The molecule has 3 nitrogen and oxygen atoms in total. The fraction of sp³-hybridized carbons (Fsp3) is 0.647. The molecule has 1 aromatic rings. The van der Waals surface area contributed by atoms with Crippen molar-refractivity contribution in [2.45, 2.75) is 32.2 Å². The van der Waals surface area contributed by atoms with Gasteiger partial charge in [-0.05, 0) is 62.4 Å². The number of piperidine rings is 1. The van der Waals surface area contributed by atoms with E-state index in [2.05, 4.69) is 9.80 Å². The Balaban J connectivity index is 1.55. The molecular weight excluding hydrogens is 265 g/mol. The summed E-state index contributed by atoms with van der Waals surface area (Å²) in [5.41, 5.74) is 7.16. The van der Waals surface area contributed by atoms with Gasteiger partial charge in [-0.2, -0.15) is 0 Å². The van der Waals surface area contributed by atoms with Gasteiger partial charge in [-0.3, -0.25) is 0 Å². The smallest absolute Gasteiger partial charge is 0.146 e. The first kappa shape index (κ1) is 14.8. The van der Waals surface area contributed by atoms with Crippen molar-refractivity contribution >= 4 is 5.69 Å². The molecule has 0 aromatic heterocycles. The van der Waals surface area contributed by atoms with Crippen molar-refractivity contribution in [3.8, 4) is 0 Å². The number of anilines is 1. The number of nitrogens with two attached hydrogens (primary N) is 1. The van der Waals surface area contributed by atoms with Crippen LogP contribution < -0.4 is 10.6 Å². The summed E-state index contributed by atoms with van der Waals surface area (Å²) in [5, 5.41) is 0. The summed E-state index contributed by atoms with van der Waals surface area (Å²) in [7, 11) is 0. The predicted molar refractivity (Wildman–Crippen MR) is 84.9 cm³/mol. The van der Waals surface area contributed by atoms with Gasteiger partial charge in [0.1, 0.15) is 5.82 Å². The van der Waals surface area contributed by atoms with Gasteiger partial charge in [0.15, 0.2) is 0 Å². The van der Waals surface area contributed by atoms with Crippen molar-refractivity contribution in [2.24, 2.45) is 11.7 Å². The van der Waals surface area contributed by atoms with E-state index in [-0.39, 0.29) is 5.82 Å². The van der Waals surface area contributed by atoms with Crippen LogP contribution in [-0.2, 0) is 6.54 Å². The second-order valence-electron chi connectivity index (χ2n) is 6.43. The molecule has 4 heteroatoms. The van der Waals surface area contributed by atoms with Gasteiger partial charge >= 0.3 is 0 Å². The van der Waals surface area contributed by atoms with Gasteiger partial charge in [-0.15, -0.1) is 0 Å². The molecule has 1 aromatic carbocycles. The molecule has 0 radical (unpaired) electrons. The third-order valence-corrected chi connectivity index (χ3v) is 4.92. The minimum Gasteiger partial charge on any atom is -0.369 e. The molecule has 2 aliphatic heterocycles. The first-order valence-corrected chi connectivity index (χ1v) is 8.22. The molecule has 3 rings (SSSR count). The Morgan fingerprint density at radius 2 is 1.81 bits per heavy atom. The van der Waals surface area contributed by atoms with E-state index < -0.39 is 0 Å². The van der Waals surface area contributed by atoms with Gasteiger partial charge in [-0.25, -0.2) is 4.39 Å². The van der Waals surface area contributed by atoms with Crippen molar-refractivity contribution in [1.29, 1.82) is 0 Å². The van der Waals surface area contributed by atoms with Crippen LogP contribution in [0.5, 0.6) is 0 Å². The zero-order valence-corrected chi connectivity index (χ0v) is 12.7. The maximum Gasteiger partial charge on any atom is 0.146 e. The highest BCUT2D eigenvalue weighted by Crippen LogP contribution is 2.27. The molecule has 21 heavy (non-hydrogen) atoms. The summed E-state index contributed by atoms with van der Waals surface area (Å²) in [4.78, 5) is 4.78. The monoisotopic (exact) mass is 291 g/mol. The Labute approximate surface area is 126 Å². The molecule has 2 fully saturated rings. The summed E-state index contributed by atoms with van der Waals surface area (Å²) >= 11 is 0. The lowest BCUT2D eigenvalue weighted by atomic mass is 9.95. The summed E-state index contributed by atoms with van der Waals surface area (Å²) in [6.07, 6.45) is 5.07. The number of nitrogens with zero attached hydrogens (tertiary/aromatic N) is 2. The van der Waals surface area contributed by atoms with E-state index in [9.17, 15) is 4.39 Å². The van der Waals surface area contributed by atoms with Gasteiger partial charge in [0.05, 0.1) is 5.69 Å². The van der Waals surface area contributed by atoms with E-state index in [1.54, 1.807) is 6.07 Å². The Bertz CT molecular complexity index is 463. The fourth-order valence-electron chi connectivity index (χ4n) is 3.62. The van der Waals surface area contributed by atoms with Crippen molar-refractivity contribution < 1.29 is 4.39 Å². The maximum atomic E-state index is 14.1. The van der Waals surface area contributed by atoms with Gasteiger partial charge in [-0.1, -0.05) is 6.07 Å². The van der Waals surface area contributed by atoms with Crippen molar-refractivity contribution in [3.63, 3.8) is 0 Å². The van der Waals surface area contributed by atoms with E-state index in [0.717, 1.165) is 30.3 Å². The zero-order valence-electron chi connectivity index (χ0n) is 12.7. The number of hydrogen-bond acceptors (Lipinski definition) is 3. The minimum atomic E-state index is -0.129. The molecule has 116 valence electrons. The average molecular weight is 291 g/mol. The Morgan fingerprint density at radius 3 is 2.43 bits per heavy atom. The standard InChI is InChI=1S/C17H26FN3/c18-16-11-15(12-19)3-4-17(16)21-9-5-14(6-10-21)13-20-7-1-2-8-20/h3-4,11,14H,1-2,5-10,12-13,19H2. The molecule has 2 aliphatic rings. The molecule has 2 N–H and O–H groups in total. The number of rotatable bonds is 4. The van der Waals surface area contributed by atoms with Crippen LogP contribution in [0.2, 0.25) is 0 Å². The number of likely N-dealkylation sites (tertiary alicyclic amines) is 1. The largest absolute Gasteiger partial charge is 0.369 e. The highest BCUT2D eigenvalue weighted by molar-refractivity contribution is 5.49. The van der Waals surface area contributed by atoms with Crippen LogP contribution in [0.25, 0.3) is 0 Å². The molecule has 2 saturated heterocycles. The third kappa shape index (κ3) is 3.55. The Kier molecular flexibility index (Phi) is 4.76. The van der Waals surface area contributed by atoms with E-state index in [1.165, 1.54) is 45.3 Å². The van der Waals surface area contributed by atoms with Gasteiger partial charge in [0, 0.05) is 26.2 Å². The SMILES string of the molecule is NCc1ccc(N2CCC(CN3CCCC3)CC2)c(F)c1. The Hall–Kier alpha value is -1.13. The molecular formula is C17H26FN3. The van der Waals surface area contributed by atoms with Crippen LogP contribution in [0.4, 0.5) is 10.1 Å². The molecule has 0 atom stereocenters. The summed E-state index contributed by atoms with van der Waals surface area (Å²) < 4.78 is 14.1. The third-order valence-electron chi connectivity index (χ3n) is 4.92. The summed E-state index contributed by atoms with van der Waals surface area (Å²) in [6, 6.07) is 5.40. The van der Waals surface area contributed by atoms with E-state index in [1.807, 2.05) is 12.1 Å². The van der Waals surface area contributed by atoms with Gasteiger partial charge in [0.2, 0.25) is 0 Å². The molecule has 0 aliphatic carbocycles. The van der Waals surface area contributed by atoms with Crippen LogP contribution >= 0.6 is 0 Å². The first-order chi connectivity index (χ1) is 10.3. The van der Waals surface area contributed by atoms with E-state index in [4.69, 9.17) is 5.73 Å². The fourth-order valence-corrected chi connectivity index (χ4v) is 3.62. The van der Waals surface area contributed by atoms with Crippen LogP contribution in [0.1, 0.15) is 31.2 Å². The van der Waals surface area contributed by atoms with Crippen molar-refractivity contribution in [2.75, 3.05) is 37.6 Å². The van der Waals surface area contributed by atoms with Crippen molar-refractivity contribution in [3.05, 3.63) is 29.6 Å². The topological polar surface area (TPSA) is 32.5 Å². The van der Waals surface area contributed by atoms with Crippen LogP contribution in [0.15, 0.2) is 18.2 Å². The average Bonchev–Trinajstić information content (AvgIpc) is 3.01. The molecule has 0 amide bonds. The number of halogens is 1. The highest BCUT2D eigenvalue weighted by atomic mass is 19.1. The minimum absolute atomic E-state index is 0.129. The first-order valence-electron chi connectivity index (χ1n) is 8.22. The number of hydrogen-bond donors (Lipinski definition) is 1. The summed E-state index contributed by atoms with van der Waals surface area (Å²) in [5.74, 6) is 0.654. The van der Waals surface area contributed by atoms with Crippen LogP contribution in [-0.4, -0.2) is 37.6 Å². The maximum absolute atomic E-state index is 14.1. The number of benzene rings is 1. The predicted octanol–water partition coefficient (Wildman–Crippen LogP) is 2.60. The second-order valence-corrected chi connectivity index (χ2v) is 6.43. The highest BCUT2D eigenvalue weighted by Gasteiger charge is 2.24. The molecule has 2 heterocycles.